The fourth-order valence-electron chi connectivity index (χ4n) is 1.87. The molecular weight excluding hydrogens is 262 g/mol. The lowest BCUT2D eigenvalue weighted by Gasteiger charge is -2.09. The average molecular weight is 279 g/mol. The number of sulfone groups is 1. The molecule has 0 bridgehead atoms. The van der Waals surface area contributed by atoms with Crippen LogP contribution in [0.2, 0.25) is 0 Å². The normalized spacial score (nSPS) is 12.0. The third-order valence-corrected chi connectivity index (χ3v) is 3.81. The highest BCUT2D eigenvalue weighted by Gasteiger charge is 2.12. The summed E-state index contributed by atoms with van der Waals surface area (Å²) in [4.78, 5) is 0.295. The largest absolute Gasteiger partial charge is 0.313 e. The Balaban J connectivity index is 2.46. The fraction of sp³-hybridized carbons (Fsp3) is 0.385. The third kappa shape index (κ3) is 3.20. The smallest absolute Gasteiger partial charge is 0.175 e. The highest BCUT2D eigenvalue weighted by molar-refractivity contribution is 7.90. The van der Waals surface area contributed by atoms with E-state index in [1.165, 1.54) is 6.26 Å². The highest BCUT2D eigenvalue weighted by Crippen LogP contribution is 2.21. The van der Waals surface area contributed by atoms with Gasteiger partial charge >= 0.3 is 0 Å². The van der Waals surface area contributed by atoms with Crippen molar-refractivity contribution in [1.82, 2.24) is 14.8 Å². The monoisotopic (exact) mass is 279 g/mol. The van der Waals surface area contributed by atoms with Crippen LogP contribution in [0, 0.1) is 5.92 Å². The predicted molar refractivity (Wildman–Crippen MR) is 73.4 cm³/mol. The van der Waals surface area contributed by atoms with Gasteiger partial charge in [0.25, 0.3) is 0 Å². The molecule has 1 heterocycles. The van der Waals surface area contributed by atoms with Crippen molar-refractivity contribution in [2.24, 2.45) is 5.92 Å². The van der Waals surface area contributed by atoms with Crippen LogP contribution >= 0.6 is 0 Å². The first-order valence-corrected chi connectivity index (χ1v) is 7.95. The maximum absolute atomic E-state index is 11.6. The summed E-state index contributed by atoms with van der Waals surface area (Å²) >= 11 is 0. The van der Waals surface area contributed by atoms with Gasteiger partial charge in [-0.1, -0.05) is 26.0 Å². The van der Waals surface area contributed by atoms with Crippen molar-refractivity contribution in [2.45, 2.75) is 25.3 Å². The molecule has 0 radical (unpaired) electrons. The Morgan fingerprint density at radius 1 is 1.32 bits per heavy atom. The zero-order chi connectivity index (χ0) is 14.0. The van der Waals surface area contributed by atoms with Crippen molar-refractivity contribution in [1.29, 1.82) is 0 Å². The van der Waals surface area contributed by atoms with Crippen LogP contribution in [0.4, 0.5) is 0 Å². The first-order chi connectivity index (χ1) is 8.88. The van der Waals surface area contributed by atoms with Crippen molar-refractivity contribution in [3.63, 3.8) is 0 Å². The fourth-order valence-corrected chi connectivity index (χ4v) is 2.54. The van der Waals surface area contributed by atoms with Crippen LogP contribution < -0.4 is 0 Å². The van der Waals surface area contributed by atoms with E-state index >= 15 is 0 Å². The molecule has 2 aromatic rings. The van der Waals surface area contributed by atoms with Gasteiger partial charge in [0, 0.05) is 18.4 Å². The molecule has 6 heteroatoms. The van der Waals surface area contributed by atoms with E-state index in [0.717, 1.165) is 12.1 Å². The Hall–Kier alpha value is -1.69. The van der Waals surface area contributed by atoms with E-state index < -0.39 is 9.84 Å². The molecule has 0 aliphatic carbocycles. The summed E-state index contributed by atoms with van der Waals surface area (Å²) < 4.78 is 25.1. The topological polar surface area (TPSA) is 64.8 Å². The van der Waals surface area contributed by atoms with Crippen molar-refractivity contribution in [2.75, 3.05) is 6.26 Å². The standard InChI is InChI=1S/C13H17N3O2S/c1-10(2)8-16-9-14-15-13(16)11-5-4-6-12(7-11)19(3,17)18/h4-7,9-10H,8H2,1-3H3. The molecular formula is C13H17N3O2S. The zero-order valence-electron chi connectivity index (χ0n) is 11.2. The van der Waals surface area contributed by atoms with Crippen molar-refractivity contribution >= 4 is 9.84 Å². The summed E-state index contributed by atoms with van der Waals surface area (Å²) in [6.07, 6.45) is 2.87. The lowest BCUT2D eigenvalue weighted by molar-refractivity contribution is 0.525. The van der Waals surface area contributed by atoms with E-state index in [1.807, 2.05) is 10.6 Å². The lowest BCUT2D eigenvalue weighted by Crippen LogP contribution is -2.05. The first kappa shape index (κ1) is 13.7. The van der Waals surface area contributed by atoms with E-state index in [-0.39, 0.29) is 0 Å². The molecule has 1 aromatic heterocycles. The van der Waals surface area contributed by atoms with Gasteiger partial charge in [-0.05, 0) is 18.1 Å². The number of benzene rings is 1. The molecule has 2 rings (SSSR count). The van der Waals surface area contributed by atoms with E-state index in [9.17, 15) is 8.42 Å². The molecule has 0 unspecified atom stereocenters. The second-order valence-electron chi connectivity index (χ2n) is 5.00. The Morgan fingerprint density at radius 2 is 2.05 bits per heavy atom. The van der Waals surface area contributed by atoms with Crippen molar-refractivity contribution in [3.8, 4) is 11.4 Å². The van der Waals surface area contributed by atoms with E-state index in [4.69, 9.17) is 0 Å². The number of hydrogen-bond donors (Lipinski definition) is 0. The van der Waals surface area contributed by atoms with Gasteiger partial charge in [0.15, 0.2) is 15.7 Å². The number of rotatable bonds is 4. The van der Waals surface area contributed by atoms with Gasteiger partial charge in [-0.2, -0.15) is 0 Å². The lowest BCUT2D eigenvalue weighted by atomic mass is 10.2. The van der Waals surface area contributed by atoms with E-state index in [1.54, 1.807) is 24.5 Å². The van der Waals surface area contributed by atoms with Gasteiger partial charge in [0.2, 0.25) is 0 Å². The SMILES string of the molecule is CC(C)Cn1cnnc1-c1cccc(S(C)(=O)=O)c1. The van der Waals surface area contributed by atoms with Crippen LogP contribution in [0.1, 0.15) is 13.8 Å². The highest BCUT2D eigenvalue weighted by atomic mass is 32.2. The summed E-state index contributed by atoms with van der Waals surface area (Å²) in [6, 6.07) is 6.79. The van der Waals surface area contributed by atoms with Crippen LogP contribution in [0.5, 0.6) is 0 Å². The molecule has 0 atom stereocenters. The molecule has 0 saturated carbocycles. The van der Waals surface area contributed by atoms with Crippen LogP contribution in [-0.4, -0.2) is 29.4 Å². The van der Waals surface area contributed by atoms with Gasteiger partial charge in [-0.15, -0.1) is 10.2 Å². The Morgan fingerprint density at radius 3 is 2.68 bits per heavy atom. The minimum absolute atomic E-state index is 0.295. The Labute approximate surface area is 113 Å². The van der Waals surface area contributed by atoms with Crippen LogP contribution in [0.15, 0.2) is 35.5 Å². The Bertz CT molecular complexity index is 675. The number of nitrogens with zero attached hydrogens (tertiary/aromatic N) is 3. The number of aromatic nitrogens is 3. The quantitative estimate of drug-likeness (QED) is 0.858. The minimum Gasteiger partial charge on any atom is -0.313 e. The molecule has 102 valence electrons. The third-order valence-electron chi connectivity index (χ3n) is 2.70. The summed E-state index contributed by atoms with van der Waals surface area (Å²) in [6.45, 7) is 5.01. The predicted octanol–water partition coefficient (Wildman–Crippen LogP) is 2.00. The Kier molecular flexibility index (Phi) is 3.71. The molecule has 5 nitrogen and oxygen atoms in total. The zero-order valence-corrected chi connectivity index (χ0v) is 12.1. The molecule has 0 fully saturated rings. The average Bonchev–Trinajstić information content (AvgIpc) is 2.75. The molecule has 0 amide bonds. The number of hydrogen-bond acceptors (Lipinski definition) is 4. The van der Waals surface area contributed by atoms with Crippen LogP contribution in [0.25, 0.3) is 11.4 Å². The molecule has 0 aliphatic rings. The maximum Gasteiger partial charge on any atom is 0.175 e. The molecule has 19 heavy (non-hydrogen) atoms. The summed E-state index contributed by atoms with van der Waals surface area (Å²) in [7, 11) is -3.21. The molecule has 0 aliphatic heterocycles. The summed E-state index contributed by atoms with van der Waals surface area (Å²) in [5, 5.41) is 7.99. The van der Waals surface area contributed by atoms with Gasteiger partial charge < -0.3 is 4.57 Å². The van der Waals surface area contributed by atoms with Crippen molar-refractivity contribution in [3.05, 3.63) is 30.6 Å². The second-order valence-corrected chi connectivity index (χ2v) is 7.02. The van der Waals surface area contributed by atoms with Gasteiger partial charge in [0.05, 0.1) is 4.90 Å². The van der Waals surface area contributed by atoms with Crippen molar-refractivity contribution < 1.29 is 8.42 Å². The summed E-state index contributed by atoms with van der Waals surface area (Å²) in [5.41, 5.74) is 0.765. The van der Waals surface area contributed by atoms with E-state index in [2.05, 4.69) is 24.0 Å². The van der Waals surface area contributed by atoms with E-state index in [0.29, 0.717) is 16.6 Å². The van der Waals surface area contributed by atoms with Gasteiger partial charge in [0.1, 0.15) is 6.33 Å². The van der Waals surface area contributed by atoms with Gasteiger partial charge in [-0.25, -0.2) is 8.42 Å². The maximum atomic E-state index is 11.6. The molecule has 0 saturated heterocycles. The molecule has 0 spiro atoms. The first-order valence-electron chi connectivity index (χ1n) is 6.06. The summed E-state index contributed by atoms with van der Waals surface area (Å²) in [5.74, 6) is 1.16. The molecule has 0 N–H and O–H groups in total. The van der Waals surface area contributed by atoms with Crippen LogP contribution in [-0.2, 0) is 16.4 Å². The van der Waals surface area contributed by atoms with Gasteiger partial charge in [-0.3, -0.25) is 0 Å². The van der Waals surface area contributed by atoms with Crippen LogP contribution in [0.3, 0.4) is 0 Å². The second kappa shape index (κ2) is 5.13. The minimum atomic E-state index is -3.21. The molecule has 1 aromatic carbocycles.